The molecule has 0 bridgehead atoms. The number of morpholine rings is 1. The Morgan fingerprint density at radius 1 is 1.12 bits per heavy atom. The number of aryl methyl sites for hydroxylation is 2. The molecule has 1 aromatic carbocycles. The van der Waals surface area contributed by atoms with Crippen LogP contribution in [0.2, 0.25) is 0 Å². The van der Waals surface area contributed by atoms with Crippen molar-refractivity contribution in [3.05, 3.63) is 34.9 Å². The molecule has 1 aliphatic heterocycles. The van der Waals surface area contributed by atoms with E-state index < -0.39 is 0 Å². The van der Waals surface area contributed by atoms with Gasteiger partial charge in [0, 0.05) is 32.7 Å². The Kier molecular flexibility index (Phi) is 8.05. The van der Waals surface area contributed by atoms with Crippen molar-refractivity contribution in [3.63, 3.8) is 0 Å². The molecule has 1 aromatic rings. The van der Waals surface area contributed by atoms with Gasteiger partial charge in [0.1, 0.15) is 0 Å². The van der Waals surface area contributed by atoms with Gasteiger partial charge in [-0.25, -0.2) is 0 Å². The first-order valence-corrected chi connectivity index (χ1v) is 9.07. The number of nitrogens with zero attached hydrogens (tertiary/aromatic N) is 2. The van der Waals surface area contributed by atoms with Crippen LogP contribution in [0.5, 0.6) is 0 Å². The smallest absolute Gasteiger partial charge is 0.191 e. The van der Waals surface area contributed by atoms with Crippen LogP contribution in [0, 0.1) is 13.8 Å². The summed E-state index contributed by atoms with van der Waals surface area (Å²) in [5.41, 5.74) is 4.04. The minimum Gasteiger partial charge on any atom is -0.379 e. The number of rotatable bonds is 7. The Morgan fingerprint density at radius 3 is 2.50 bits per heavy atom. The van der Waals surface area contributed by atoms with Gasteiger partial charge in [0.25, 0.3) is 0 Å². The average molecular weight is 332 g/mol. The van der Waals surface area contributed by atoms with Crippen LogP contribution in [0.15, 0.2) is 23.2 Å². The Morgan fingerprint density at radius 2 is 1.83 bits per heavy atom. The van der Waals surface area contributed by atoms with E-state index in [2.05, 4.69) is 59.5 Å². The molecule has 24 heavy (non-hydrogen) atoms. The summed E-state index contributed by atoms with van der Waals surface area (Å²) in [6.45, 7) is 13.7. The first-order valence-electron chi connectivity index (χ1n) is 9.07. The highest BCUT2D eigenvalue weighted by Gasteiger charge is 2.09. The summed E-state index contributed by atoms with van der Waals surface area (Å²) in [7, 11) is 0. The Labute approximate surface area is 146 Å². The van der Waals surface area contributed by atoms with Crippen molar-refractivity contribution in [1.29, 1.82) is 0 Å². The van der Waals surface area contributed by atoms with Crippen LogP contribution in [0.1, 0.15) is 23.6 Å². The highest BCUT2D eigenvalue weighted by atomic mass is 16.5. The minimum atomic E-state index is 0.818. The summed E-state index contributed by atoms with van der Waals surface area (Å²) in [5.74, 6) is 0.912. The van der Waals surface area contributed by atoms with Crippen molar-refractivity contribution in [2.75, 3.05) is 52.5 Å². The molecule has 0 amide bonds. The highest BCUT2D eigenvalue weighted by Crippen LogP contribution is 2.08. The number of benzene rings is 1. The number of ether oxygens (including phenoxy) is 1. The number of hydrogen-bond donors (Lipinski definition) is 2. The zero-order valence-electron chi connectivity index (χ0n) is 15.4. The molecule has 1 aliphatic rings. The van der Waals surface area contributed by atoms with Crippen molar-refractivity contribution in [3.8, 4) is 0 Å². The molecule has 0 aromatic heterocycles. The molecule has 5 nitrogen and oxygen atoms in total. The van der Waals surface area contributed by atoms with Gasteiger partial charge in [-0.05, 0) is 32.8 Å². The van der Waals surface area contributed by atoms with Gasteiger partial charge in [-0.1, -0.05) is 29.3 Å². The Bertz CT molecular complexity index is 504. The van der Waals surface area contributed by atoms with Crippen molar-refractivity contribution < 1.29 is 4.74 Å². The number of hydrogen-bond acceptors (Lipinski definition) is 3. The van der Waals surface area contributed by atoms with Gasteiger partial charge in [0.05, 0.1) is 19.8 Å². The summed E-state index contributed by atoms with van der Waals surface area (Å²) >= 11 is 0. The molecule has 1 fully saturated rings. The maximum atomic E-state index is 5.38. The molecule has 0 radical (unpaired) electrons. The fourth-order valence-corrected chi connectivity index (χ4v) is 3.01. The van der Waals surface area contributed by atoms with Crippen LogP contribution >= 0.6 is 0 Å². The maximum absolute atomic E-state index is 5.38. The van der Waals surface area contributed by atoms with E-state index in [1.807, 2.05) is 0 Å². The molecule has 2 rings (SSSR count). The molecule has 1 heterocycles. The predicted octanol–water partition coefficient (Wildman–Crippen LogP) is 1.73. The monoisotopic (exact) mass is 332 g/mol. The lowest BCUT2D eigenvalue weighted by Gasteiger charge is -2.25. The zero-order chi connectivity index (χ0) is 17.2. The van der Waals surface area contributed by atoms with Crippen molar-refractivity contribution >= 4 is 5.96 Å². The van der Waals surface area contributed by atoms with Crippen molar-refractivity contribution in [2.24, 2.45) is 4.99 Å². The SMILES string of the molecule is CCNC(=NCCN1CCOCC1)NCCc1cc(C)cc(C)c1. The number of guanidine groups is 1. The van der Waals surface area contributed by atoms with Gasteiger partial charge in [-0.3, -0.25) is 9.89 Å². The molecule has 2 N–H and O–H groups in total. The lowest BCUT2D eigenvalue weighted by Crippen LogP contribution is -2.40. The second-order valence-corrected chi connectivity index (χ2v) is 6.39. The fourth-order valence-electron chi connectivity index (χ4n) is 3.01. The fraction of sp³-hybridized carbons (Fsp3) is 0.632. The number of nitrogens with one attached hydrogen (secondary N) is 2. The van der Waals surface area contributed by atoms with E-state index in [-0.39, 0.29) is 0 Å². The second-order valence-electron chi connectivity index (χ2n) is 6.39. The summed E-state index contributed by atoms with van der Waals surface area (Å²) in [5, 5.41) is 6.77. The largest absolute Gasteiger partial charge is 0.379 e. The van der Waals surface area contributed by atoms with E-state index in [4.69, 9.17) is 4.74 Å². The van der Waals surface area contributed by atoms with E-state index in [9.17, 15) is 0 Å². The minimum absolute atomic E-state index is 0.818. The highest BCUT2D eigenvalue weighted by molar-refractivity contribution is 5.79. The van der Waals surface area contributed by atoms with Crippen LogP contribution in [-0.2, 0) is 11.2 Å². The van der Waals surface area contributed by atoms with Crippen LogP contribution in [0.3, 0.4) is 0 Å². The standard InChI is InChI=1S/C19H32N4O/c1-4-20-19(22-7-8-23-9-11-24-12-10-23)21-6-5-18-14-16(2)13-17(3)15-18/h13-15H,4-12H2,1-3H3,(H2,20,21,22). The molecule has 0 spiro atoms. The van der Waals surface area contributed by atoms with Crippen LogP contribution in [-0.4, -0.2) is 63.3 Å². The molecule has 0 saturated carbocycles. The van der Waals surface area contributed by atoms with Gasteiger partial charge in [-0.2, -0.15) is 0 Å². The van der Waals surface area contributed by atoms with Crippen molar-refractivity contribution in [2.45, 2.75) is 27.2 Å². The summed E-state index contributed by atoms with van der Waals surface area (Å²) in [4.78, 5) is 7.09. The van der Waals surface area contributed by atoms with E-state index in [0.717, 1.165) is 64.9 Å². The molecule has 5 heteroatoms. The van der Waals surface area contributed by atoms with Gasteiger partial charge in [-0.15, -0.1) is 0 Å². The summed E-state index contributed by atoms with van der Waals surface area (Å²) < 4.78 is 5.38. The van der Waals surface area contributed by atoms with E-state index in [0.29, 0.717) is 0 Å². The van der Waals surface area contributed by atoms with Crippen LogP contribution < -0.4 is 10.6 Å². The first-order chi connectivity index (χ1) is 11.7. The molecule has 0 unspecified atom stereocenters. The molecule has 134 valence electrons. The predicted molar refractivity (Wildman–Crippen MR) is 101 cm³/mol. The van der Waals surface area contributed by atoms with E-state index in [1.165, 1.54) is 16.7 Å². The normalized spacial score (nSPS) is 16.2. The third-order valence-electron chi connectivity index (χ3n) is 4.12. The van der Waals surface area contributed by atoms with Gasteiger partial charge < -0.3 is 15.4 Å². The third-order valence-corrected chi connectivity index (χ3v) is 4.12. The quantitative estimate of drug-likeness (QED) is 0.590. The van der Waals surface area contributed by atoms with Gasteiger partial charge in [0.15, 0.2) is 5.96 Å². The summed E-state index contributed by atoms with van der Waals surface area (Å²) in [6.07, 6.45) is 1.01. The zero-order valence-corrected chi connectivity index (χ0v) is 15.4. The molecule has 0 aliphatic carbocycles. The van der Waals surface area contributed by atoms with Gasteiger partial charge in [0.2, 0.25) is 0 Å². The van der Waals surface area contributed by atoms with Crippen LogP contribution in [0.25, 0.3) is 0 Å². The van der Waals surface area contributed by atoms with E-state index >= 15 is 0 Å². The maximum Gasteiger partial charge on any atom is 0.191 e. The third kappa shape index (κ3) is 6.89. The first kappa shape index (κ1) is 18.7. The van der Waals surface area contributed by atoms with E-state index in [1.54, 1.807) is 0 Å². The lowest BCUT2D eigenvalue weighted by molar-refractivity contribution is 0.0394. The second kappa shape index (κ2) is 10.3. The molecule has 1 saturated heterocycles. The molecular weight excluding hydrogens is 300 g/mol. The van der Waals surface area contributed by atoms with Gasteiger partial charge >= 0.3 is 0 Å². The van der Waals surface area contributed by atoms with Crippen LogP contribution in [0.4, 0.5) is 0 Å². The molecule has 0 atom stereocenters. The Hall–Kier alpha value is -1.59. The summed E-state index contributed by atoms with van der Waals surface area (Å²) in [6, 6.07) is 6.74. The Balaban J connectivity index is 1.76. The average Bonchev–Trinajstić information content (AvgIpc) is 2.55. The number of aliphatic imine (C=N–C) groups is 1. The lowest BCUT2D eigenvalue weighted by atomic mass is 10.1. The topological polar surface area (TPSA) is 48.9 Å². The molecular formula is C19H32N4O. The van der Waals surface area contributed by atoms with Crippen molar-refractivity contribution in [1.82, 2.24) is 15.5 Å².